The zero-order valence-corrected chi connectivity index (χ0v) is 31.7. The minimum Gasteiger partial charge on any atom is -0.380 e. The van der Waals surface area contributed by atoms with Crippen LogP contribution in [-0.4, -0.2) is 73.0 Å². The fourth-order valence-corrected chi connectivity index (χ4v) is 7.27. The number of alkyl halides is 3. The molecule has 3 heterocycles. The van der Waals surface area contributed by atoms with Crippen LogP contribution in [0, 0.1) is 0 Å². The summed E-state index contributed by atoms with van der Waals surface area (Å²) in [5.41, 5.74) is 3.96. The molecule has 2 aliphatic heterocycles. The summed E-state index contributed by atoms with van der Waals surface area (Å²) in [6, 6.07) is 21.0. The predicted molar refractivity (Wildman–Crippen MR) is 210 cm³/mol. The first-order valence-corrected chi connectivity index (χ1v) is 19.4. The molecule has 0 radical (unpaired) electrons. The molecule has 4 aromatic rings. The van der Waals surface area contributed by atoms with Gasteiger partial charge in [-0.2, -0.15) is 13.2 Å². The van der Waals surface area contributed by atoms with Crippen LogP contribution in [0.4, 0.5) is 24.5 Å². The molecule has 3 aromatic carbocycles. The van der Waals surface area contributed by atoms with E-state index >= 15 is 0 Å². The zero-order chi connectivity index (χ0) is 39.5. The first-order valence-electron chi connectivity index (χ1n) is 19.4. The SMILES string of the molecule is CCOCCNC(=O)[C@H]1CCCCN1Cc1cccc(C(=O)Nc2cc(-c3cc(C(=O)NCc4cccc(C(F)(F)F)c4)ccn3)cc(N3CCCCC3)c2)c1. The van der Waals surface area contributed by atoms with Crippen molar-refractivity contribution in [2.45, 2.75) is 70.8 Å². The molecule has 6 rings (SSSR count). The maximum atomic E-state index is 13.8. The molecular formula is C43H49F3N6O4. The molecule has 3 N–H and O–H groups in total. The largest absolute Gasteiger partial charge is 0.416 e. The lowest BCUT2D eigenvalue weighted by Gasteiger charge is -2.34. The molecular weight excluding hydrogens is 722 g/mol. The summed E-state index contributed by atoms with van der Waals surface area (Å²) in [4.78, 5) is 49.0. The second-order valence-electron chi connectivity index (χ2n) is 14.3. The number of carbonyl (C=O) groups is 3. The summed E-state index contributed by atoms with van der Waals surface area (Å²) in [6.07, 6.45) is 3.04. The number of nitrogens with one attached hydrogen (secondary N) is 3. The number of anilines is 2. The van der Waals surface area contributed by atoms with Crippen molar-refractivity contribution >= 4 is 29.1 Å². The Labute approximate surface area is 325 Å². The predicted octanol–water partition coefficient (Wildman–Crippen LogP) is 7.45. The van der Waals surface area contributed by atoms with Gasteiger partial charge < -0.3 is 25.6 Å². The van der Waals surface area contributed by atoms with Crippen molar-refractivity contribution in [3.8, 4) is 11.3 Å². The smallest absolute Gasteiger partial charge is 0.380 e. The lowest BCUT2D eigenvalue weighted by molar-refractivity contribution is -0.137. The van der Waals surface area contributed by atoms with Gasteiger partial charge in [-0.3, -0.25) is 24.3 Å². The minimum atomic E-state index is -4.48. The van der Waals surface area contributed by atoms with E-state index in [9.17, 15) is 27.6 Å². The third-order valence-electron chi connectivity index (χ3n) is 10.2. The zero-order valence-electron chi connectivity index (χ0n) is 31.7. The maximum absolute atomic E-state index is 13.8. The molecule has 0 bridgehead atoms. The number of piperidine rings is 2. The van der Waals surface area contributed by atoms with Crippen molar-refractivity contribution in [3.63, 3.8) is 0 Å². The number of benzene rings is 3. The van der Waals surface area contributed by atoms with E-state index in [0.29, 0.717) is 59.9 Å². The number of hydrogen-bond acceptors (Lipinski definition) is 7. The van der Waals surface area contributed by atoms with Crippen molar-refractivity contribution < 1.29 is 32.3 Å². The van der Waals surface area contributed by atoms with Crippen molar-refractivity contribution in [2.24, 2.45) is 0 Å². The number of carbonyl (C=O) groups excluding carboxylic acids is 3. The van der Waals surface area contributed by atoms with Gasteiger partial charge in [-0.15, -0.1) is 0 Å². The molecule has 10 nitrogen and oxygen atoms in total. The van der Waals surface area contributed by atoms with E-state index in [1.165, 1.54) is 18.3 Å². The molecule has 296 valence electrons. The van der Waals surface area contributed by atoms with E-state index in [0.717, 1.165) is 81.5 Å². The fraction of sp³-hybridized carbons (Fsp3) is 0.395. The van der Waals surface area contributed by atoms with Crippen LogP contribution < -0.4 is 20.9 Å². The van der Waals surface area contributed by atoms with Crippen LogP contribution in [0.1, 0.15) is 82.9 Å². The Morgan fingerprint density at radius 2 is 1.59 bits per heavy atom. The number of nitrogens with zero attached hydrogens (tertiary/aromatic N) is 3. The van der Waals surface area contributed by atoms with Crippen molar-refractivity contribution in [1.29, 1.82) is 0 Å². The van der Waals surface area contributed by atoms with E-state index in [4.69, 9.17) is 4.74 Å². The summed E-state index contributed by atoms with van der Waals surface area (Å²) >= 11 is 0. The Bertz CT molecular complexity index is 1980. The van der Waals surface area contributed by atoms with Crippen molar-refractivity contribution in [3.05, 3.63) is 113 Å². The van der Waals surface area contributed by atoms with Crippen LogP contribution in [0.15, 0.2) is 85.1 Å². The second kappa shape index (κ2) is 19.1. The fourth-order valence-electron chi connectivity index (χ4n) is 7.27. The van der Waals surface area contributed by atoms with Crippen LogP contribution in [0.2, 0.25) is 0 Å². The van der Waals surface area contributed by atoms with Crippen LogP contribution in [-0.2, 0) is 28.8 Å². The first kappa shape index (κ1) is 40.4. The highest BCUT2D eigenvalue weighted by Crippen LogP contribution is 2.32. The Morgan fingerprint density at radius 1 is 0.821 bits per heavy atom. The molecule has 2 saturated heterocycles. The first-order chi connectivity index (χ1) is 27.1. The average molecular weight is 771 g/mol. The molecule has 56 heavy (non-hydrogen) atoms. The summed E-state index contributed by atoms with van der Waals surface area (Å²) in [5.74, 6) is -0.739. The molecule has 2 fully saturated rings. The number of halogens is 3. The molecule has 13 heteroatoms. The number of likely N-dealkylation sites (tertiary alicyclic amines) is 1. The van der Waals surface area contributed by atoms with E-state index in [-0.39, 0.29) is 24.4 Å². The molecule has 1 atom stereocenters. The summed E-state index contributed by atoms with van der Waals surface area (Å²) < 4.78 is 45.0. The Morgan fingerprint density at radius 3 is 2.39 bits per heavy atom. The highest BCUT2D eigenvalue weighted by molar-refractivity contribution is 6.05. The molecule has 0 spiro atoms. The van der Waals surface area contributed by atoms with Gasteiger partial charge in [0.25, 0.3) is 11.8 Å². The van der Waals surface area contributed by atoms with Crippen molar-refractivity contribution in [1.82, 2.24) is 20.5 Å². The van der Waals surface area contributed by atoms with Gasteiger partial charge >= 0.3 is 6.18 Å². The van der Waals surface area contributed by atoms with E-state index in [2.05, 4.69) is 30.7 Å². The third-order valence-corrected chi connectivity index (χ3v) is 10.2. The number of aromatic nitrogens is 1. The topological polar surface area (TPSA) is 116 Å². The van der Waals surface area contributed by atoms with Gasteiger partial charge in [0.15, 0.2) is 0 Å². The lowest BCUT2D eigenvalue weighted by atomic mass is 10.00. The van der Waals surface area contributed by atoms with Crippen molar-refractivity contribution in [2.75, 3.05) is 49.6 Å². The normalized spacial score (nSPS) is 16.3. The van der Waals surface area contributed by atoms with Crippen LogP contribution in [0.5, 0.6) is 0 Å². The van der Waals surface area contributed by atoms with Gasteiger partial charge in [-0.1, -0.05) is 30.7 Å². The molecule has 0 aliphatic carbocycles. The van der Waals surface area contributed by atoms with Gasteiger partial charge in [0.2, 0.25) is 5.91 Å². The number of amides is 3. The highest BCUT2D eigenvalue weighted by Gasteiger charge is 2.31. The quantitative estimate of drug-likeness (QED) is 0.114. The van der Waals surface area contributed by atoms with Gasteiger partial charge in [0.1, 0.15) is 0 Å². The van der Waals surface area contributed by atoms with Crippen LogP contribution in [0.3, 0.4) is 0 Å². The van der Waals surface area contributed by atoms with Gasteiger partial charge in [-0.05, 0) is 111 Å². The van der Waals surface area contributed by atoms with E-state index in [1.807, 2.05) is 43.3 Å². The second-order valence-corrected chi connectivity index (χ2v) is 14.3. The Hall–Kier alpha value is -5.27. The molecule has 3 amide bonds. The Balaban J connectivity index is 1.18. The monoisotopic (exact) mass is 770 g/mol. The molecule has 0 unspecified atom stereocenters. The van der Waals surface area contributed by atoms with E-state index < -0.39 is 17.6 Å². The standard InChI is InChI=1S/C43H49F3N6O4/c1-2-56-21-17-48-42(55)39-14-4-7-20-52(39)29-31-11-8-12-32(22-31)41(54)50-36-24-34(25-37(27-36)51-18-5-3-6-19-51)38-26-33(15-16-47-38)40(53)49-28-30-10-9-13-35(23-30)43(44,45)46/h8-13,15-16,22-27,39H,2-7,14,17-21,28-29H2,1H3,(H,48,55)(H,49,53)(H,50,54)/t39-/m1/s1. The summed E-state index contributed by atoms with van der Waals surface area (Å²) in [7, 11) is 0. The Kier molecular flexibility index (Phi) is 13.7. The highest BCUT2D eigenvalue weighted by atomic mass is 19.4. The van der Waals surface area contributed by atoms with Crippen LogP contribution in [0.25, 0.3) is 11.3 Å². The van der Waals surface area contributed by atoms with Gasteiger partial charge in [0, 0.05) is 73.6 Å². The molecule has 2 aliphatic rings. The van der Waals surface area contributed by atoms with Crippen LogP contribution >= 0.6 is 0 Å². The summed E-state index contributed by atoms with van der Waals surface area (Å²) in [5, 5.41) is 8.80. The lowest BCUT2D eigenvalue weighted by Crippen LogP contribution is -2.49. The van der Waals surface area contributed by atoms with Gasteiger partial charge in [0.05, 0.1) is 23.9 Å². The molecule has 0 saturated carbocycles. The summed E-state index contributed by atoms with van der Waals surface area (Å²) in [6.45, 7) is 6.45. The average Bonchev–Trinajstić information content (AvgIpc) is 3.22. The number of rotatable bonds is 14. The third kappa shape index (κ3) is 10.9. The molecule has 1 aromatic heterocycles. The van der Waals surface area contributed by atoms with Gasteiger partial charge in [-0.25, -0.2) is 0 Å². The number of hydrogen-bond donors (Lipinski definition) is 3. The van der Waals surface area contributed by atoms with E-state index in [1.54, 1.807) is 18.2 Å². The maximum Gasteiger partial charge on any atom is 0.416 e. The number of ether oxygens (including phenoxy) is 1. The number of pyridine rings is 1. The minimum absolute atomic E-state index is 0.00140.